The van der Waals surface area contributed by atoms with Gasteiger partial charge in [-0.3, -0.25) is 4.79 Å². The van der Waals surface area contributed by atoms with Crippen LogP contribution >= 0.6 is 11.6 Å². The van der Waals surface area contributed by atoms with Crippen LogP contribution < -0.4 is 5.32 Å². The smallest absolute Gasteiger partial charge is 0.255 e. The van der Waals surface area contributed by atoms with Gasteiger partial charge < -0.3 is 10.2 Å². The molecule has 0 atom stereocenters. The quantitative estimate of drug-likeness (QED) is 0.920. The zero-order chi connectivity index (χ0) is 15.2. The summed E-state index contributed by atoms with van der Waals surface area (Å²) in [6.07, 6.45) is 1.50. The Labute approximate surface area is 129 Å². The van der Waals surface area contributed by atoms with E-state index in [9.17, 15) is 4.79 Å². The number of carbonyl (C=O) groups is 1. The lowest BCUT2D eigenvalue weighted by Crippen LogP contribution is -2.26. The first-order valence-electron chi connectivity index (χ1n) is 6.80. The number of anilines is 1. The molecule has 0 saturated carbocycles. The van der Waals surface area contributed by atoms with Gasteiger partial charge in [0.15, 0.2) is 0 Å². The molecule has 21 heavy (non-hydrogen) atoms. The van der Waals surface area contributed by atoms with E-state index < -0.39 is 0 Å². The van der Waals surface area contributed by atoms with Crippen LogP contribution in [0.1, 0.15) is 22.8 Å². The van der Waals surface area contributed by atoms with E-state index in [0.29, 0.717) is 22.9 Å². The number of benzene rings is 1. The van der Waals surface area contributed by atoms with Gasteiger partial charge >= 0.3 is 0 Å². The van der Waals surface area contributed by atoms with Crippen LogP contribution in [0.4, 0.5) is 5.82 Å². The van der Waals surface area contributed by atoms with Crippen molar-refractivity contribution in [2.24, 2.45) is 0 Å². The highest BCUT2D eigenvalue weighted by Crippen LogP contribution is 2.20. The molecule has 0 radical (unpaired) electrons. The molecule has 110 valence electrons. The van der Waals surface area contributed by atoms with Gasteiger partial charge in [0, 0.05) is 26.3 Å². The fourth-order valence-corrected chi connectivity index (χ4v) is 2.20. The lowest BCUT2D eigenvalue weighted by molar-refractivity contribution is 0.0785. The molecule has 0 aliphatic rings. The van der Waals surface area contributed by atoms with Crippen LogP contribution in [-0.2, 0) is 6.54 Å². The van der Waals surface area contributed by atoms with Gasteiger partial charge in [0.25, 0.3) is 5.91 Å². The van der Waals surface area contributed by atoms with Gasteiger partial charge in [-0.25, -0.2) is 4.98 Å². The number of hydrogen-bond acceptors (Lipinski definition) is 3. The Kier molecular flexibility index (Phi) is 5.17. The molecule has 0 aliphatic heterocycles. The number of nitrogens with zero attached hydrogens (tertiary/aromatic N) is 2. The van der Waals surface area contributed by atoms with Crippen molar-refractivity contribution >= 4 is 23.3 Å². The maximum Gasteiger partial charge on any atom is 0.255 e. The summed E-state index contributed by atoms with van der Waals surface area (Å²) in [7, 11) is 1.76. The predicted molar refractivity (Wildman–Crippen MR) is 85.7 cm³/mol. The van der Waals surface area contributed by atoms with Crippen molar-refractivity contribution in [2.45, 2.75) is 13.5 Å². The molecule has 0 bridgehead atoms. The maximum atomic E-state index is 12.5. The number of hydrogen-bond donors (Lipinski definition) is 1. The van der Waals surface area contributed by atoms with Gasteiger partial charge in [-0.15, -0.1) is 0 Å². The molecule has 2 aromatic rings. The molecule has 5 heteroatoms. The third kappa shape index (κ3) is 3.95. The Morgan fingerprint density at radius 1 is 1.33 bits per heavy atom. The monoisotopic (exact) mass is 303 g/mol. The fraction of sp³-hybridized carbons (Fsp3) is 0.250. The van der Waals surface area contributed by atoms with Gasteiger partial charge in [-0.1, -0.05) is 41.9 Å². The van der Waals surface area contributed by atoms with Crippen molar-refractivity contribution in [2.75, 3.05) is 18.9 Å². The Balaban J connectivity index is 2.17. The Hall–Kier alpha value is -2.07. The summed E-state index contributed by atoms with van der Waals surface area (Å²) in [6, 6.07) is 11.5. The third-order valence-corrected chi connectivity index (χ3v) is 3.35. The molecule has 1 heterocycles. The molecule has 1 aromatic carbocycles. The number of carbonyl (C=O) groups excluding carboxylic acids is 1. The second-order valence-electron chi connectivity index (χ2n) is 4.73. The fourth-order valence-electron chi connectivity index (χ4n) is 2.02. The van der Waals surface area contributed by atoms with E-state index in [1.165, 1.54) is 6.20 Å². The summed E-state index contributed by atoms with van der Waals surface area (Å²) in [4.78, 5) is 18.3. The minimum Gasteiger partial charge on any atom is -0.370 e. The number of pyridine rings is 1. The summed E-state index contributed by atoms with van der Waals surface area (Å²) in [6.45, 7) is 3.25. The lowest BCUT2D eigenvalue weighted by Gasteiger charge is -2.18. The molecular weight excluding hydrogens is 286 g/mol. The average Bonchev–Trinajstić information content (AvgIpc) is 2.50. The van der Waals surface area contributed by atoms with Crippen molar-refractivity contribution in [3.8, 4) is 0 Å². The van der Waals surface area contributed by atoms with E-state index in [2.05, 4.69) is 10.3 Å². The normalized spacial score (nSPS) is 10.2. The van der Waals surface area contributed by atoms with E-state index in [1.54, 1.807) is 18.0 Å². The summed E-state index contributed by atoms with van der Waals surface area (Å²) in [5, 5.41) is 3.44. The molecule has 0 unspecified atom stereocenters. The molecule has 0 fully saturated rings. The highest BCUT2D eigenvalue weighted by molar-refractivity contribution is 6.33. The molecule has 0 aliphatic carbocycles. The number of rotatable bonds is 5. The molecule has 4 nitrogen and oxygen atoms in total. The summed E-state index contributed by atoms with van der Waals surface area (Å²) in [5.74, 6) is 0.531. The largest absolute Gasteiger partial charge is 0.370 e. The molecular formula is C16H18ClN3O. The van der Waals surface area contributed by atoms with E-state index in [0.717, 1.165) is 12.1 Å². The second kappa shape index (κ2) is 7.09. The van der Waals surface area contributed by atoms with Crippen molar-refractivity contribution in [3.05, 3.63) is 58.7 Å². The first-order valence-corrected chi connectivity index (χ1v) is 7.18. The molecule has 1 aromatic heterocycles. The molecule has 1 N–H and O–H groups in total. The topological polar surface area (TPSA) is 45.2 Å². The van der Waals surface area contributed by atoms with Gasteiger partial charge in [0.1, 0.15) is 5.82 Å². The number of aromatic nitrogens is 1. The van der Waals surface area contributed by atoms with Crippen LogP contribution in [0.25, 0.3) is 0 Å². The maximum absolute atomic E-state index is 12.5. The Morgan fingerprint density at radius 2 is 2.05 bits per heavy atom. The van der Waals surface area contributed by atoms with Crippen molar-refractivity contribution in [1.82, 2.24) is 9.88 Å². The van der Waals surface area contributed by atoms with E-state index in [4.69, 9.17) is 11.6 Å². The van der Waals surface area contributed by atoms with Gasteiger partial charge in [-0.05, 0) is 18.6 Å². The molecule has 0 spiro atoms. The van der Waals surface area contributed by atoms with E-state index >= 15 is 0 Å². The summed E-state index contributed by atoms with van der Waals surface area (Å²) >= 11 is 6.10. The first kappa shape index (κ1) is 15.3. The SMILES string of the molecule is CCNc1cc(C(=O)N(C)Cc2ccccc2)c(Cl)cn1. The van der Waals surface area contributed by atoms with Crippen molar-refractivity contribution in [3.63, 3.8) is 0 Å². The third-order valence-electron chi connectivity index (χ3n) is 3.05. The zero-order valence-electron chi connectivity index (χ0n) is 12.1. The second-order valence-corrected chi connectivity index (χ2v) is 5.13. The van der Waals surface area contributed by atoms with Crippen molar-refractivity contribution < 1.29 is 4.79 Å². The Bertz CT molecular complexity index is 616. The van der Waals surface area contributed by atoms with E-state index in [1.807, 2.05) is 37.3 Å². The van der Waals surface area contributed by atoms with E-state index in [-0.39, 0.29) is 5.91 Å². The lowest BCUT2D eigenvalue weighted by atomic mass is 10.2. The number of nitrogens with one attached hydrogen (secondary N) is 1. The molecule has 1 amide bonds. The van der Waals surface area contributed by atoms with Crippen LogP contribution in [-0.4, -0.2) is 29.4 Å². The number of halogens is 1. The Morgan fingerprint density at radius 3 is 2.71 bits per heavy atom. The highest BCUT2D eigenvalue weighted by atomic mass is 35.5. The van der Waals surface area contributed by atoms with Crippen LogP contribution in [0.2, 0.25) is 5.02 Å². The van der Waals surface area contributed by atoms with Gasteiger partial charge in [0.05, 0.1) is 10.6 Å². The minimum absolute atomic E-state index is 0.120. The summed E-state index contributed by atoms with van der Waals surface area (Å²) < 4.78 is 0. The van der Waals surface area contributed by atoms with Crippen LogP contribution in [0.15, 0.2) is 42.6 Å². The van der Waals surface area contributed by atoms with Gasteiger partial charge in [-0.2, -0.15) is 0 Å². The summed E-state index contributed by atoms with van der Waals surface area (Å²) in [5.41, 5.74) is 1.53. The average molecular weight is 304 g/mol. The van der Waals surface area contributed by atoms with Gasteiger partial charge in [0.2, 0.25) is 0 Å². The van der Waals surface area contributed by atoms with Crippen molar-refractivity contribution in [1.29, 1.82) is 0 Å². The number of amides is 1. The van der Waals surface area contributed by atoms with Crippen LogP contribution in [0, 0.1) is 0 Å². The minimum atomic E-state index is -0.120. The molecule has 0 saturated heterocycles. The zero-order valence-corrected chi connectivity index (χ0v) is 12.9. The first-order chi connectivity index (χ1) is 10.1. The van der Waals surface area contributed by atoms with Crippen LogP contribution in [0.5, 0.6) is 0 Å². The standard InChI is InChI=1S/C16H18ClN3O/c1-3-18-15-9-13(14(17)10-19-15)16(21)20(2)11-12-7-5-4-6-8-12/h4-10H,3,11H2,1-2H3,(H,18,19). The predicted octanol–water partition coefficient (Wildman–Crippen LogP) is 3.44. The molecule has 2 rings (SSSR count). The highest BCUT2D eigenvalue weighted by Gasteiger charge is 2.16. The van der Waals surface area contributed by atoms with Crippen LogP contribution in [0.3, 0.4) is 0 Å².